The molecule has 0 aliphatic heterocycles. The van der Waals surface area contributed by atoms with Crippen molar-refractivity contribution in [3.05, 3.63) is 17.5 Å². The SMILES string of the molecule is CCNC1CCC(NC(=O)c2cn[nH]c2C)CC1. The zero-order valence-electron chi connectivity index (χ0n) is 11.1. The molecular weight excluding hydrogens is 228 g/mol. The lowest BCUT2D eigenvalue weighted by atomic mass is 9.91. The zero-order chi connectivity index (χ0) is 13.0. The molecule has 0 radical (unpaired) electrons. The third-order valence-electron chi connectivity index (χ3n) is 3.63. The number of aromatic amines is 1. The number of carbonyl (C=O) groups is 1. The number of nitrogens with zero attached hydrogens (tertiary/aromatic N) is 1. The molecular formula is C13H22N4O. The highest BCUT2D eigenvalue weighted by Gasteiger charge is 2.22. The molecule has 0 saturated heterocycles. The lowest BCUT2D eigenvalue weighted by Gasteiger charge is -2.29. The smallest absolute Gasteiger partial charge is 0.254 e. The second-order valence-corrected chi connectivity index (χ2v) is 4.99. The molecule has 1 amide bonds. The standard InChI is InChI=1S/C13H22N4O/c1-3-14-10-4-6-11(7-5-10)16-13(18)12-8-15-17-9(12)2/h8,10-11,14H,3-7H2,1-2H3,(H,15,17)(H,16,18). The van der Waals surface area contributed by atoms with Crippen LogP contribution in [0.2, 0.25) is 0 Å². The molecule has 1 aromatic heterocycles. The fourth-order valence-corrected chi connectivity index (χ4v) is 2.57. The minimum atomic E-state index is -0.00634. The van der Waals surface area contributed by atoms with Gasteiger partial charge in [0.2, 0.25) is 0 Å². The monoisotopic (exact) mass is 250 g/mol. The van der Waals surface area contributed by atoms with E-state index in [1.807, 2.05) is 6.92 Å². The van der Waals surface area contributed by atoms with Crippen molar-refractivity contribution in [1.82, 2.24) is 20.8 Å². The Kier molecular flexibility index (Phi) is 4.36. The van der Waals surface area contributed by atoms with Crippen LogP contribution in [0.1, 0.15) is 48.7 Å². The molecule has 100 valence electrons. The summed E-state index contributed by atoms with van der Waals surface area (Å²) in [5.74, 6) is -0.00634. The fourth-order valence-electron chi connectivity index (χ4n) is 2.57. The maximum Gasteiger partial charge on any atom is 0.254 e. The number of hydrogen-bond acceptors (Lipinski definition) is 3. The quantitative estimate of drug-likeness (QED) is 0.756. The zero-order valence-corrected chi connectivity index (χ0v) is 11.1. The van der Waals surface area contributed by atoms with Gasteiger partial charge in [0.15, 0.2) is 0 Å². The molecule has 1 heterocycles. The minimum absolute atomic E-state index is 0.00634. The average Bonchev–Trinajstić information content (AvgIpc) is 2.78. The van der Waals surface area contributed by atoms with Gasteiger partial charge < -0.3 is 10.6 Å². The normalized spacial score (nSPS) is 23.9. The molecule has 1 aromatic rings. The second-order valence-electron chi connectivity index (χ2n) is 4.99. The predicted molar refractivity (Wildman–Crippen MR) is 70.5 cm³/mol. The Hall–Kier alpha value is -1.36. The first kappa shape index (κ1) is 13.1. The molecule has 0 atom stereocenters. The summed E-state index contributed by atoms with van der Waals surface area (Å²) in [6, 6.07) is 0.931. The van der Waals surface area contributed by atoms with Gasteiger partial charge in [0.05, 0.1) is 11.8 Å². The van der Waals surface area contributed by atoms with Crippen LogP contribution in [-0.4, -0.2) is 34.7 Å². The summed E-state index contributed by atoms with van der Waals surface area (Å²) in [4.78, 5) is 12.0. The largest absolute Gasteiger partial charge is 0.349 e. The summed E-state index contributed by atoms with van der Waals surface area (Å²) in [6.07, 6.45) is 5.99. The Labute approximate surface area is 108 Å². The Morgan fingerprint density at radius 3 is 2.61 bits per heavy atom. The number of amides is 1. The molecule has 3 N–H and O–H groups in total. The van der Waals surface area contributed by atoms with Crippen molar-refractivity contribution < 1.29 is 4.79 Å². The first-order valence-corrected chi connectivity index (χ1v) is 6.75. The van der Waals surface area contributed by atoms with E-state index in [9.17, 15) is 4.79 Å². The van der Waals surface area contributed by atoms with Gasteiger partial charge in [0.25, 0.3) is 5.91 Å². The Bertz CT molecular complexity index is 393. The van der Waals surface area contributed by atoms with E-state index < -0.39 is 0 Å². The molecule has 2 rings (SSSR count). The maximum absolute atomic E-state index is 12.0. The van der Waals surface area contributed by atoms with Gasteiger partial charge in [-0.15, -0.1) is 0 Å². The summed E-state index contributed by atoms with van der Waals surface area (Å²) >= 11 is 0. The van der Waals surface area contributed by atoms with Crippen LogP contribution in [0.4, 0.5) is 0 Å². The van der Waals surface area contributed by atoms with E-state index in [2.05, 4.69) is 27.8 Å². The van der Waals surface area contributed by atoms with Crippen molar-refractivity contribution in [2.45, 2.75) is 51.6 Å². The van der Waals surface area contributed by atoms with Crippen LogP contribution in [-0.2, 0) is 0 Å². The van der Waals surface area contributed by atoms with Crippen LogP contribution in [0.3, 0.4) is 0 Å². The maximum atomic E-state index is 12.0. The first-order valence-electron chi connectivity index (χ1n) is 6.75. The molecule has 0 aromatic carbocycles. The number of carbonyl (C=O) groups excluding carboxylic acids is 1. The summed E-state index contributed by atoms with van der Waals surface area (Å²) in [5, 5.41) is 13.2. The molecule has 5 nitrogen and oxygen atoms in total. The molecule has 0 unspecified atom stereocenters. The number of hydrogen-bond donors (Lipinski definition) is 3. The van der Waals surface area contributed by atoms with Crippen LogP contribution in [0.5, 0.6) is 0 Å². The minimum Gasteiger partial charge on any atom is -0.349 e. The van der Waals surface area contributed by atoms with E-state index in [4.69, 9.17) is 0 Å². The molecule has 18 heavy (non-hydrogen) atoms. The van der Waals surface area contributed by atoms with E-state index in [0.29, 0.717) is 17.6 Å². The van der Waals surface area contributed by atoms with Crippen LogP contribution < -0.4 is 10.6 Å². The number of H-pyrrole nitrogens is 1. The van der Waals surface area contributed by atoms with Crippen molar-refractivity contribution in [2.75, 3.05) is 6.54 Å². The van der Waals surface area contributed by atoms with Gasteiger partial charge in [0, 0.05) is 17.8 Å². The highest BCUT2D eigenvalue weighted by molar-refractivity contribution is 5.95. The van der Waals surface area contributed by atoms with Crippen LogP contribution in [0, 0.1) is 6.92 Å². The second kappa shape index (κ2) is 6.00. The third-order valence-corrected chi connectivity index (χ3v) is 3.63. The summed E-state index contributed by atoms with van der Waals surface area (Å²) in [7, 11) is 0. The Morgan fingerprint density at radius 1 is 1.39 bits per heavy atom. The fraction of sp³-hybridized carbons (Fsp3) is 0.692. The van der Waals surface area contributed by atoms with Gasteiger partial charge in [0.1, 0.15) is 0 Å². The van der Waals surface area contributed by atoms with Gasteiger partial charge in [-0.2, -0.15) is 5.10 Å². The van der Waals surface area contributed by atoms with Crippen molar-refractivity contribution in [1.29, 1.82) is 0 Å². The molecule has 1 aliphatic carbocycles. The summed E-state index contributed by atoms with van der Waals surface area (Å²) < 4.78 is 0. The average molecular weight is 250 g/mol. The molecule has 1 fully saturated rings. The van der Waals surface area contributed by atoms with Crippen LogP contribution >= 0.6 is 0 Å². The molecule has 0 spiro atoms. The van der Waals surface area contributed by atoms with Gasteiger partial charge >= 0.3 is 0 Å². The number of aromatic nitrogens is 2. The molecule has 0 bridgehead atoms. The van der Waals surface area contributed by atoms with Crippen molar-refractivity contribution in [2.24, 2.45) is 0 Å². The summed E-state index contributed by atoms with van der Waals surface area (Å²) in [5.41, 5.74) is 1.48. The van der Waals surface area contributed by atoms with E-state index in [1.165, 1.54) is 0 Å². The van der Waals surface area contributed by atoms with Crippen molar-refractivity contribution in [3.8, 4) is 0 Å². The molecule has 1 aliphatic rings. The Balaban J connectivity index is 1.81. The van der Waals surface area contributed by atoms with E-state index in [0.717, 1.165) is 37.9 Å². The van der Waals surface area contributed by atoms with Gasteiger partial charge in [-0.25, -0.2) is 0 Å². The first-order chi connectivity index (χ1) is 8.70. The number of aryl methyl sites for hydroxylation is 1. The molecule has 1 saturated carbocycles. The number of nitrogens with one attached hydrogen (secondary N) is 3. The predicted octanol–water partition coefficient (Wildman–Crippen LogP) is 1.37. The van der Waals surface area contributed by atoms with E-state index in [1.54, 1.807) is 6.20 Å². The van der Waals surface area contributed by atoms with Crippen LogP contribution in [0.15, 0.2) is 6.20 Å². The van der Waals surface area contributed by atoms with Gasteiger partial charge in [-0.05, 0) is 39.2 Å². The highest BCUT2D eigenvalue weighted by atomic mass is 16.1. The topological polar surface area (TPSA) is 69.8 Å². The van der Waals surface area contributed by atoms with E-state index in [-0.39, 0.29) is 5.91 Å². The van der Waals surface area contributed by atoms with Crippen molar-refractivity contribution >= 4 is 5.91 Å². The van der Waals surface area contributed by atoms with Gasteiger partial charge in [-0.3, -0.25) is 9.89 Å². The Morgan fingerprint density at radius 2 is 2.06 bits per heavy atom. The van der Waals surface area contributed by atoms with Gasteiger partial charge in [-0.1, -0.05) is 6.92 Å². The summed E-state index contributed by atoms with van der Waals surface area (Å²) in [6.45, 7) is 5.02. The lowest BCUT2D eigenvalue weighted by Crippen LogP contribution is -2.42. The number of rotatable bonds is 4. The lowest BCUT2D eigenvalue weighted by molar-refractivity contribution is 0.0924. The third kappa shape index (κ3) is 3.10. The van der Waals surface area contributed by atoms with Crippen molar-refractivity contribution in [3.63, 3.8) is 0 Å². The molecule has 5 heteroatoms. The van der Waals surface area contributed by atoms with E-state index >= 15 is 0 Å². The van der Waals surface area contributed by atoms with Crippen LogP contribution in [0.25, 0.3) is 0 Å². The highest BCUT2D eigenvalue weighted by Crippen LogP contribution is 2.19.